The van der Waals surface area contributed by atoms with Gasteiger partial charge in [0, 0.05) is 18.1 Å². The minimum atomic E-state index is -0.578. The fourth-order valence-corrected chi connectivity index (χ4v) is 5.49. The third-order valence-electron chi connectivity index (χ3n) is 7.42. The van der Waals surface area contributed by atoms with Crippen molar-refractivity contribution in [2.24, 2.45) is 27.1 Å². The van der Waals surface area contributed by atoms with Gasteiger partial charge in [-0.25, -0.2) is 4.99 Å². The van der Waals surface area contributed by atoms with Gasteiger partial charge in [0.1, 0.15) is 11.6 Å². The lowest BCUT2D eigenvalue weighted by molar-refractivity contribution is -0.000401. The van der Waals surface area contributed by atoms with Crippen molar-refractivity contribution in [2.45, 2.75) is 70.1 Å². The number of methoxy groups -OCH3 is 1. The molecule has 5 nitrogen and oxygen atoms in total. The van der Waals surface area contributed by atoms with Gasteiger partial charge in [0.2, 0.25) is 0 Å². The normalized spacial score (nSPS) is 33.9. The first kappa shape index (κ1) is 18.2. The second-order valence-electron chi connectivity index (χ2n) is 9.16. The molecule has 5 heteroatoms. The molecule has 150 valence electrons. The summed E-state index contributed by atoms with van der Waals surface area (Å²) in [7, 11) is 1.82. The molecule has 1 unspecified atom stereocenters. The first-order valence-electron chi connectivity index (χ1n) is 10.8. The van der Waals surface area contributed by atoms with Crippen LogP contribution in [0.5, 0.6) is 5.75 Å². The van der Waals surface area contributed by atoms with Crippen LogP contribution in [0.1, 0.15) is 63.0 Å². The molecule has 2 spiro atoms. The van der Waals surface area contributed by atoms with Crippen LogP contribution in [0, 0.1) is 11.3 Å². The molecule has 0 aromatic heterocycles. The molecule has 3 aliphatic carbocycles. The van der Waals surface area contributed by atoms with Gasteiger partial charge >= 0.3 is 0 Å². The van der Waals surface area contributed by atoms with Crippen molar-refractivity contribution in [3.63, 3.8) is 0 Å². The molecule has 1 aromatic rings. The Kier molecular flexibility index (Phi) is 4.27. The van der Waals surface area contributed by atoms with E-state index in [-0.39, 0.29) is 5.41 Å². The van der Waals surface area contributed by atoms with E-state index in [1.807, 2.05) is 14.0 Å². The third-order valence-corrected chi connectivity index (χ3v) is 7.42. The summed E-state index contributed by atoms with van der Waals surface area (Å²) in [6.45, 7) is 2.78. The molecule has 4 aliphatic rings. The van der Waals surface area contributed by atoms with E-state index in [1.165, 1.54) is 24.0 Å². The van der Waals surface area contributed by atoms with Crippen LogP contribution in [0.2, 0.25) is 0 Å². The van der Waals surface area contributed by atoms with E-state index < -0.39 is 5.66 Å². The molecule has 0 amide bonds. The topological polar surface area (TPSA) is 69.2 Å². The number of ether oxygens (including phenoxy) is 2. The number of rotatable bonds is 5. The Hall–Kier alpha value is -1.88. The Morgan fingerprint density at radius 3 is 2.57 bits per heavy atom. The number of fused-ring (bicyclic) bond motifs is 3. The molecule has 28 heavy (non-hydrogen) atoms. The molecule has 0 radical (unpaired) electrons. The second-order valence-corrected chi connectivity index (χ2v) is 9.16. The Balaban J connectivity index is 1.49. The van der Waals surface area contributed by atoms with Crippen LogP contribution in [-0.2, 0) is 16.8 Å². The Labute approximate surface area is 167 Å². The van der Waals surface area contributed by atoms with Gasteiger partial charge in [-0.05, 0) is 69.1 Å². The van der Waals surface area contributed by atoms with Crippen LogP contribution in [0.25, 0.3) is 0 Å². The summed E-state index contributed by atoms with van der Waals surface area (Å²) in [6, 6.07) is 6.55. The van der Waals surface area contributed by atoms with Crippen molar-refractivity contribution in [1.29, 1.82) is 0 Å². The van der Waals surface area contributed by atoms with Gasteiger partial charge in [-0.1, -0.05) is 18.9 Å². The van der Waals surface area contributed by atoms with E-state index in [0.29, 0.717) is 11.9 Å². The predicted molar refractivity (Wildman–Crippen MR) is 111 cm³/mol. The lowest BCUT2D eigenvalue weighted by atomic mass is 9.65. The fraction of sp³-hybridized carbons (Fsp3) is 0.652. The highest BCUT2D eigenvalue weighted by Crippen LogP contribution is 2.62. The molecule has 1 aliphatic heterocycles. The molecule has 0 saturated heterocycles. The van der Waals surface area contributed by atoms with Crippen LogP contribution in [0.4, 0.5) is 0 Å². The zero-order valence-corrected chi connectivity index (χ0v) is 17.0. The van der Waals surface area contributed by atoms with E-state index in [1.54, 1.807) is 0 Å². The molecule has 2 fully saturated rings. The van der Waals surface area contributed by atoms with Crippen LogP contribution in [0.15, 0.2) is 28.2 Å². The van der Waals surface area contributed by atoms with Gasteiger partial charge < -0.3 is 15.2 Å². The first-order valence-corrected chi connectivity index (χ1v) is 10.8. The zero-order chi connectivity index (χ0) is 19.4. The van der Waals surface area contributed by atoms with Gasteiger partial charge in [0.15, 0.2) is 5.66 Å². The van der Waals surface area contributed by atoms with E-state index in [2.05, 4.69) is 18.2 Å². The smallest absolute Gasteiger partial charge is 0.184 e. The van der Waals surface area contributed by atoms with Gasteiger partial charge in [0.25, 0.3) is 0 Å². The van der Waals surface area contributed by atoms with Crippen LogP contribution in [0.3, 0.4) is 0 Å². The van der Waals surface area contributed by atoms with E-state index in [4.69, 9.17) is 25.2 Å². The Morgan fingerprint density at radius 1 is 1.14 bits per heavy atom. The maximum atomic E-state index is 6.26. The molecular weight excluding hydrogens is 350 g/mol. The molecule has 1 atom stereocenters. The van der Waals surface area contributed by atoms with Crippen molar-refractivity contribution >= 4 is 11.5 Å². The average molecular weight is 382 g/mol. The first-order chi connectivity index (χ1) is 13.6. The van der Waals surface area contributed by atoms with Crippen LogP contribution < -0.4 is 10.5 Å². The summed E-state index contributed by atoms with van der Waals surface area (Å²) in [6.07, 6.45) is 9.48. The number of hydrogen-bond acceptors (Lipinski definition) is 5. The number of aliphatic imine (C=N–C) groups is 2. The molecule has 0 bridgehead atoms. The van der Waals surface area contributed by atoms with Gasteiger partial charge in [-0.2, -0.15) is 0 Å². The lowest BCUT2D eigenvalue weighted by Crippen LogP contribution is -2.43. The largest absolute Gasteiger partial charge is 0.494 e. The fourth-order valence-electron chi connectivity index (χ4n) is 5.49. The highest BCUT2D eigenvalue weighted by Gasteiger charge is 2.60. The molecular formula is C23H31N3O2. The maximum Gasteiger partial charge on any atom is 0.184 e. The summed E-state index contributed by atoms with van der Waals surface area (Å²) >= 11 is 0. The van der Waals surface area contributed by atoms with E-state index >= 15 is 0 Å². The number of nitrogens with two attached hydrogens (primary N) is 1. The lowest BCUT2D eigenvalue weighted by Gasteiger charge is -2.44. The molecule has 2 N–H and O–H groups in total. The maximum absolute atomic E-state index is 6.26. The van der Waals surface area contributed by atoms with E-state index in [0.717, 1.165) is 62.5 Å². The van der Waals surface area contributed by atoms with Crippen molar-refractivity contribution in [1.82, 2.24) is 0 Å². The summed E-state index contributed by atoms with van der Waals surface area (Å²) in [4.78, 5) is 10.1. The second kappa shape index (κ2) is 6.58. The average Bonchev–Trinajstić information content (AvgIpc) is 3.43. The molecule has 1 aromatic carbocycles. The summed E-state index contributed by atoms with van der Waals surface area (Å²) in [5.41, 5.74) is 9.09. The highest BCUT2D eigenvalue weighted by molar-refractivity contribution is 6.41. The SMILES string of the molecule is COC1CCC2(CC1)Cc1ccc(OCCC3CC3)cc1C21N=C(C)C(N)=N1. The minimum absolute atomic E-state index is 0.000616. The minimum Gasteiger partial charge on any atom is -0.494 e. The molecule has 2 saturated carbocycles. The quantitative estimate of drug-likeness (QED) is 0.839. The Morgan fingerprint density at radius 2 is 1.93 bits per heavy atom. The summed E-state index contributed by atoms with van der Waals surface area (Å²) in [5.74, 6) is 2.41. The third kappa shape index (κ3) is 2.78. The summed E-state index contributed by atoms with van der Waals surface area (Å²) in [5, 5.41) is 0. The van der Waals surface area contributed by atoms with Crippen molar-refractivity contribution in [3.8, 4) is 5.75 Å². The highest BCUT2D eigenvalue weighted by atomic mass is 16.5. The number of benzene rings is 1. The van der Waals surface area contributed by atoms with Crippen LogP contribution in [-0.4, -0.2) is 31.4 Å². The van der Waals surface area contributed by atoms with Gasteiger partial charge in [-0.15, -0.1) is 0 Å². The summed E-state index contributed by atoms with van der Waals surface area (Å²) < 4.78 is 11.7. The predicted octanol–water partition coefficient (Wildman–Crippen LogP) is 3.98. The number of nitrogens with zero attached hydrogens (tertiary/aromatic N) is 2. The van der Waals surface area contributed by atoms with Crippen molar-refractivity contribution in [2.75, 3.05) is 13.7 Å². The van der Waals surface area contributed by atoms with Crippen LogP contribution >= 0.6 is 0 Å². The monoisotopic (exact) mass is 381 g/mol. The zero-order valence-electron chi connectivity index (χ0n) is 17.0. The Bertz CT molecular complexity index is 814. The van der Waals surface area contributed by atoms with Gasteiger partial charge in [-0.3, -0.25) is 4.99 Å². The van der Waals surface area contributed by atoms with Crippen molar-refractivity contribution < 1.29 is 9.47 Å². The number of hydrogen-bond donors (Lipinski definition) is 1. The van der Waals surface area contributed by atoms with E-state index in [9.17, 15) is 0 Å². The van der Waals surface area contributed by atoms with Crippen molar-refractivity contribution in [3.05, 3.63) is 29.3 Å². The number of amidine groups is 1. The standard InChI is InChI=1S/C23H31N3O2/c1-15-21(24)26-23(25-15)20-13-19(28-12-9-16-3-4-16)6-5-17(20)14-22(23)10-7-18(27-2)8-11-22/h5-6,13,16,18H,3-4,7-12,14H2,1-2H3,(H2,24,26). The van der Waals surface area contributed by atoms with Gasteiger partial charge in [0.05, 0.1) is 18.4 Å². The molecule has 1 heterocycles. The molecule has 5 rings (SSSR count).